The summed E-state index contributed by atoms with van der Waals surface area (Å²) < 4.78 is 47.2. The molecule has 0 fully saturated rings. The quantitative estimate of drug-likeness (QED) is 0.338. The zero-order valence-electron chi connectivity index (χ0n) is 22.3. The van der Waals surface area contributed by atoms with Gasteiger partial charge in [0.2, 0.25) is 11.8 Å². The van der Waals surface area contributed by atoms with Crippen molar-refractivity contribution in [3.05, 3.63) is 90.2 Å². The summed E-state index contributed by atoms with van der Waals surface area (Å²) in [5.41, 5.74) is 0.983. The molecule has 0 aliphatic carbocycles. The summed E-state index contributed by atoms with van der Waals surface area (Å²) in [6.45, 7) is 3.68. The van der Waals surface area contributed by atoms with Crippen LogP contribution in [-0.4, -0.2) is 51.4 Å². The molecule has 0 aliphatic rings. The van der Waals surface area contributed by atoms with Crippen LogP contribution < -0.4 is 14.4 Å². The van der Waals surface area contributed by atoms with Gasteiger partial charge in [-0.3, -0.25) is 13.9 Å². The fraction of sp³-hybridized carbons (Fsp3) is 0.310. The molecule has 0 aliphatic heterocycles. The molecule has 1 atom stereocenters. The number of nitrogens with one attached hydrogen (secondary N) is 1. The van der Waals surface area contributed by atoms with E-state index < -0.39 is 34.3 Å². The zero-order valence-corrected chi connectivity index (χ0v) is 23.2. The number of hydrogen-bond donors (Lipinski definition) is 1. The third-order valence-electron chi connectivity index (χ3n) is 6.15. The van der Waals surface area contributed by atoms with E-state index in [1.165, 1.54) is 12.0 Å². The molecule has 3 aromatic rings. The fourth-order valence-electron chi connectivity index (χ4n) is 4.11. The average Bonchev–Trinajstić information content (AvgIpc) is 2.95. The van der Waals surface area contributed by atoms with Gasteiger partial charge in [-0.15, -0.1) is 0 Å². The number of halogens is 1. The maximum Gasteiger partial charge on any atom is 0.264 e. The van der Waals surface area contributed by atoms with Gasteiger partial charge >= 0.3 is 0 Å². The number of carbonyl (C=O) groups excluding carboxylic acids is 2. The number of rotatable bonds is 13. The number of para-hydroxylation sites is 1. The summed E-state index contributed by atoms with van der Waals surface area (Å²) in [7, 11) is -2.72. The molecule has 0 saturated heterocycles. The van der Waals surface area contributed by atoms with Gasteiger partial charge in [-0.1, -0.05) is 44.2 Å². The number of sulfonamides is 1. The van der Waals surface area contributed by atoms with Crippen molar-refractivity contribution >= 4 is 27.5 Å². The number of hydrogen-bond acceptors (Lipinski definition) is 5. The predicted octanol–water partition coefficient (Wildman–Crippen LogP) is 4.36. The maximum absolute atomic E-state index is 13.9. The van der Waals surface area contributed by atoms with Gasteiger partial charge in [0.1, 0.15) is 24.2 Å². The highest BCUT2D eigenvalue weighted by molar-refractivity contribution is 7.92. The second-order valence-electron chi connectivity index (χ2n) is 8.89. The summed E-state index contributed by atoms with van der Waals surface area (Å²) in [5.74, 6) is -0.869. The van der Waals surface area contributed by atoms with Crippen LogP contribution in [0.4, 0.5) is 10.1 Å². The molecule has 8 nitrogen and oxygen atoms in total. The van der Waals surface area contributed by atoms with E-state index in [4.69, 9.17) is 4.74 Å². The Morgan fingerprint density at radius 3 is 2.28 bits per heavy atom. The van der Waals surface area contributed by atoms with Crippen molar-refractivity contribution in [3.8, 4) is 5.75 Å². The first-order valence-corrected chi connectivity index (χ1v) is 14.2. The normalized spacial score (nSPS) is 11.9. The van der Waals surface area contributed by atoms with Crippen molar-refractivity contribution in [1.29, 1.82) is 0 Å². The first-order chi connectivity index (χ1) is 18.7. The molecule has 0 heterocycles. The second kappa shape index (κ2) is 13.7. The minimum absolute atomic E-state index is 0.0628. The Kier molecular flexibility index (Phi) is 10.4. The van der Waals surface area contributed by atoms with Crippen LogP contribution in [0.2, 0.25) is 0 Å². The zero-order chi connectivity index (χ0) is 28.4. The van der Waals surface area contributed by atoms with E-state index in [0.29, 0.717) is 18.7 Å². The minimum atomic E-state index is -4.25. The van der Waals surface area contributed by atoms with E-state index in [0.717, 1.165) is 40.6 Å². The van der Waals surface area contributed by atoms with Gasteiger partial charge in [0.25, 0.3) is 10.0 Å². The third kappa shape index (κ3) is 7.57. The van der Waals surface area contributed by atoms with Crippen LogP contribution >= 0.6 is 0 Å². The SMILES string of the molecule is CCCNC(=O)[C@@H](CC)N(Cc1cccc(OC)c1)C(=O)CN(c1ccccc1)S(=O)(=O)c1ccc(F)cc1. The van der Waals surface area contributed by atoms with Crippen LogP contribution in [0.1, 0.15) is 32.3 Å². The molecule has 0 bridgehead atoms. The lowest BCUT2D eigenvalue weighted by Crippen LogP contribution is -2.52. The van der Waals surface area contributed by atoms with Crippen LogP contribution in [0.15, 0.2) is 83.8 Å². The van der Waals surface area contributed by atoms with Crippen LogP contribution in [0.3, 0.4) is 0 Å². The Hall–Kier alpha value is -3.92. The largest absolute Gasteiger partial charge is 0.497 e. The van der Waals surface area contributed by atoms with Gasteiger partial charge in [-0.2, -0.15) is 0 Å². The van der Waals surface area contributed by atoms with E-state index in [2.05, 4.69) is 5.32 Å². The smallest absolute Gasteiger partial charge is 0.264 e. The summed E-state index contributed by atoms with van der Waals surface area (Å²) in [5, 5.41) is 2.85. The van der Waals surface area contributed by atoms with E-state index in [-0.39, 0.29) is 23.0 Å². The predicted molar refractivity (Wildman–Crippen MR) is 148 cm³/mol. The topological polar surface area (TPSA) is 96.0 Å². The van der Waals surface area contributed by atoms with Crippen molar-refractivity contribution in [2.24, 2.45) is 0 Å². The number of amides is 2. The third-order valence-corrected chi connectivity index (χ3v) is 7.93. The fourth-order valence-corrected chi connectivity index (χ4v) is 5.52. The average molecular weight is 556 g/mol. The Bertz CT molecular complexity index is 1350. The molecule has 0 saturated carbocycles. The van der Waals surface area contributed by atoms with Gasteiger partial charge in [0.05, 0.1) is 17.7 Å². The van der Waals surface area contributed by atoms with Crippen molar-refractivity contribution in [3.63, 3.8) is 0 Å². The Morgan fingerprint density at radius 1 is 0.974 bits per heavy atom. The lowest BCUT2D eigenvalue weighted by Gasteiger charge is -2.33. The molecule has 39 heavy (non-hydrogen) atoms. The van der Waals surface area contributed by atoms with E-state index in [1.54, 1.807) is 55.5 Å². The summed E-state index contributed by atoms with van der Waals surface area (Å²) >= 11 is 0. The second-order valence-corrected chi connectivity index (χ2v) is 10.8. The summed E-state index contributed by atoms with van der Waals surface area (Å²) in [6.07, 6.45) is 1.05. The van der Waals surface area contributed by atoms with Gasteiger partial charge in [0.15, 0.2) is 0 Å². The molecule has 3 aromatic carbocycles. The molecule has 208 valence electrons. The first kappa shape index (κ1) is 29.6. The molecular formula is C29H34FN3O5S. The van der Waals surface area contributed by atoms with Crippen LogP contribution in [0.5, 0.6) is 5.75 Å². The number of anilines is 1. The Labute approximate surface area is 229 Å². The molecule has 1 N–H and O–H groups in total. The van der Waals surface area contributed by atoms with Crippen molar-refractivity contribution in [2.75, 3.05) is 24.5 Å². The van der Waals surface area contributed by atoms with E-state index in [9.17, 15) is 22.4 Å². The van der Waals surface area contributed by atoms with E-state index >= 15 is 0 Å². The van der Waals surface area contributed by atoms with Gasteiger partial charge in [-0.25, -0.2) is 12.8 Å². The van der Waals surface area contributed by atoms with Gasteiger partial charge in [-0.05, 0) is 66.9 Å². The molecule has 0 aromatic heterocycles. The Morgan fingerprint density at radius 2 is 1.67 bits per heavy atom. The molecule has 0 radical (unpaired) electrons. The minimum Gasteiger partial charge on any atom is -0.497 e. The lowest BCUT2D eigenvalue weighted by molar-refractivity contribution is -0.140. The van der Waals surface area contributed by atoms with Crippen LogP contribution in [0, 0.1) is 5.82 Å². The standard InChI is InChI=1S/C29H34FN3O5S/c1-4-18-31-29(35)27(5-2)32(20-22-10-9-13-25(19-22)38-3)28(34)21-33(24-11-7-6-8-12-24)39(36,37)26-16-14-23(30)15-17-26/h6-17,19,27H,4-5,18,20-21H2,1-3H3,(H,31,35)/t27-/m1/s1. The van der Waals surface area contributed by atoms with Crippen LogP contribution in [0.25, 0.3) is 0 Å². The number of ether oxygens (including phenoxy) is 1. The molecule has 0 unspecified atom stereocenters. The van der Waals surface area contributed by atoms with Crippen molar-refractivity contribution in [1.82, 2.24) is 10.2 Å². The lowest BCUT2D eigenvalue weighted by atomic mass is 10.1. The van der Waals surface area contributed by atoms with E-state index in [1.807, 2.05) is 13.0 Å². The van der Waals surface area contributed by atoms with Crippen molar-refractivity contribution < 1.29 is 27.1 Å². The van der Waals surface area contributed by atoms with Gasteiger partial charge in [0, 0.05) is 13.1 Å². The number of methoxy groups -OCH3 is 1. The molecule has 3 rings (SSSR count). The summed E-state index contributed by atoms with van der Waals surface area (Å²) in [4.78, 5) is 28.3. The Balaban J connectivity index is 2.03. The number of nitrogens with zero attached hydrogens (tertiary/aromatic N) is 2. The number of benzene rings is 3. The highest BCUT2D eigenvalue weighted by atomic mass is 32.2. The highest BCUT2D eigenvalue weighted by Gasteiger charge is 2.33. The first-order valence-electron chi connectivity index (χ1n) is 12.7. The maximum atomic E-state index is 13.9. The molecule has 10 heteroatoms. The van der Waals surface area contributed by atoms with Crippen molar-refractivity contribution in [2.45, 2.75) is 44.2 Å². The monoisotopic (exact) mass is 555 g/mol. The number of carbonyl (C=O) groups is 2. The summed E-state index contributed by atoms with van der Waals surface area (Å²) in [6, 6.07) is 18.9. The molecule has 0 spiro atoms. The highest BCUT2D eigenvalue weighted by Crippen LogP contribution is 2.25. The van der Waals surface area contributed by atoms with Gasteiger partial charge < -0.3 is 15.0 Å². The molecule has 2 amide bonds. The van der Waals surface area contributed by atoms with Crippen LogP contribution in [-0.2, 0) is 26.2 Å². The molecular weight excluding hydrogens is 521 g/mol.